The summed E-state index contributed by atoms with van der Waals surface area (Å²) in [6.45, 7) is 4.28. The SMILES string of the molecule is CCSC1CCC(NC(=O)C2(C#N)CC(C)C2)C1. The van der Waals surface area contributed by atoms with Crippen LogP contribution in [-0.4, -0.2) is 23.0 Å². The summed E-state index contributed by atoms with van der Waals surface area (Å²) in [4.78, 5) is 12.2. The molecule has 100 valence electrons. The lowest BCUT2D eigenvalue weighted by molar-refractivity contribution is -0.134. The number of hydrogen-bond acceptors (Lipinski definition) is 3. The maximum absolute atomic E-state index is 12.2. The zero-order valence-electron chi connectivity index (χ0n) is 11.2. The second-order valence-electron chi connectivity index (χ2n) is 5.77. The molecule has 2 aliphatic rings. The van der Waals surface area contributed by atoms with Gasteiger partial charge in [0.05, 0.1) is 6.07 Å². The van der Waals surface area contributed by atoms with Crippen LogP contribution in [0, 0.1) is 22.7 Å². The van der Waals surface area contributed by atoms with Crippen LogP contribution in [0.1, 0.15) is 46.0 Å². The van der Waals surface area contributed by atoms with Gasteiger partial charge in [0.2, 0.25) is 5.91 Å². The van der Waals surface area contributed by atoms with E-state index in [0.29, 0.717) is 17.2 Å². The summed E-state index contributed by atoms with van der Waals surface area (Å²) in [5.74, 6) is 1.64. The van der Waals surface area contributed by atoms with Crippen molar-refractivity contribution in [2.45, 2.75) is 57.2 Å². The summed E-state index contributed by atoms with van der Waals surface area (Å²) in [5, 5.41) is 13.0. The van der Waals surface area contributed by atoms with Gasteiger partial charge in [0.25, 0.3) is 0 Å². The quantitative estimate of drug-likeness (QED) is 0.851. The van der Waals surface area contributed by atoms with Crippen molar-refractivity contribution < 1.29 is 4.79 Å². The Hall–Kier alpha value is -0.690. The van der Waals surface area contributed by atoms with E-state index in [1.54, 1.807) is 0 Å². The molecule has 2 fully saturated rings. The Bertz CT molecular complexity index is 357. The first-order valence-corrected chi connectivity index (χ1v) is 7.98. The van der Waals surface area contributed by atoms with Crippen LogP contribution in [-0.2, 0) is 4.79 Å². The lowest BCUT2D eigenvalue weighted by Crippen LogP contribution is -2.50. The van der Waals surface area contributed by atoms with Gasteiger partial charge in [-0.25, -0.2) is 0 Å². The Morgan fingerprint density at radius 2 is 2.22 bits per heavy atom. The van der Waals surface area contributed by atoms with Crippen molar-refractivity contribution in [1.82, 2.24) is 5.32 Å². The van der Waals surface area contributed by atoms with E-state index in [1.807, 2.05) is 11.8 Å². The number of nitrogens with zero attached hydrogens (tertiary/aromatic N) is 1. The standard InChI is InChI=1S/C14H22N2OS/c1-3-18-12-5-4-11(6-12)16-13(17)14(9-15)7-10(2)8-14/h10-12H,3-8H2,1-2H3,(H,16,17). The predicted molar refractivity (Wildman–Crippen MR) is 74.1 cm³/mol. The molecular weight excluding hydrogens is 244 g/mol. The number of rotatable bonds is 4. The average molecular weight is 266 g/mol. The summed E-state index contributed by atoms with van der Waals surface area (Å²) >= 11 is 1.99. The molecule has 3 nitrogen and oxygen atoms in total. The molecule has 1 N–H and O–H groups in total. The highest BCUT2D eigenvalue weighted by atomic mass is 32.2. The summed E-state index contributed by atoms with van der Waals surface area (Å²) < 4.78 is 0. The van der Waals surface area contributed by atoms with Crippen molar-refractivity contribution in [2.24, 2.45) is 11.3 Å². The third-order valence-corrected chi connectivity index (χ3v) is 5.40. The number of amides is 1. The second-order valence-corrected chi connectivity index (χ2v) is 7.35. The molecule has 0 aromatic heterocycles. The van der Waals surface area contributed by atoms with Gasteiger partial charge in [-0.15, -0.1) is 0 Å². The fourth-order valence-electron chi connectivity index (χ4n) is 3.24. The zero-order valence-corrected chi connectivity index (χ0v) is 12.1. The van der Waals surface area contributed by atoms with E-state index < -0.39 is 5.41 Å². The van der Waals surface area contributed by atoms with E-state index in [-0.39, 0.29) is 5.91 Å². The van der Waals surface area contributed by atoms with Crippen molar-refractivity contribution in [1.29, 1.82) is 5.26 Å². The van der Waals surface area contributed by atoms with Gasteiger partial charge in [0.15, 0.2) is 0 Å². The molecule has 0 aromatic rings. The molecule has 2 aliphatic carbocycles. The Kier molecular flexibility index (Phi) is 4.21. The maximum Gasteiger partial charge on any atom is 0.240 e. The van der Waals surface area contributed by atoms with Gasteiger partial charge in [0.1, 0.15) is 5.41 Å². The van der Waals surface area contributed by atoms with Gasteiger partial charge in [-0.1, -0.05) is 13.8 Å². The van der Waals surface area contributed by atoms with E-state index in [4.69, 9.17) is 0 Å². The van der Waals surface area contributed by atoms with E-state index >= 15 is 0 Å². The van der Waals surface area contributed by atoms with Crippen LogP contribution in [0.2, 0.25) is 0 Å². The topological polar surface area (TPSA) is 52.9 Å². The molecule has 0 aliphatic heterocycles. The molecule has 2 rings (SSSR count). The molecule has 0 heterocycles. The molecule has 2 saturated carbocycles. The first-order chi connectivity index (χ1) is 8.59. The zero-order chi connectivity index (χ0) is 13.2. The van der Waals surface area contributed by atoms with Crippen LogP contribution in [0.25, 0.3) is 0 Å². The van der Waals surface area contributed by atoms with Crippen LogP contribution < -0.4 is 5.32 Å². The van der Waals surface area contributed by atoms with E-state index in [9.17, 15) is 10.1 Å². The van der Waals surface area contributed by atoms with Crippen molar-refractivity contribution in [3.63, 3.8) is 0 Å². The van der Waals surface area contributed by atoms with Crippen molar-refractivity contribution in [2.75, 3.05) is 5.75 Å². The summed E-state index contributed by atoms with van der Waals surface area (Å²) in [6.07, 6.45) is 4.80. The van der Waals surface area contributed by atoms with Gasteiger partial charge in [-0.05, 0) is 43.8 Å². The van der Waals surface area contributed by atoms with Crippen LogP contribution in [0.4, 0.5) is 0 Å². The Morgan fingerprint density at radius 3 is 2.78 bits per heavy atom. The monoisotopic (exact) mass is 266 g/mol. The molecule has 0 radical (unpaired) electrons. The largest absolute Gasteiger partial charge is 0.352 e. The molecule has 2 unspecified atom stereocenters. The fourth-order valence-corrected chi connectivity index (χ4v) is 4.38. The van der Waals surface area contributed by atoms with Gasteiger partial charge in [0, 0.05) is 11.3 Å². The first kappa shape index (κ1) is 13.7. The van der Waals surface area contributed by atoms with E-state index in [0.717, 1.165) is 31.4 Å². The molecule has 0 aromatic carbocycles. The first-order valence-electron chi connectivity index (χ1n) is 6.93. The van der Waals surface area contributed by atoms with E-state index in [2.05, 4.69) is 25.2 Å². The van der Waals surface area contributed by atoms with Crippen molar-refractivity contribution in [3.8, 4) is 6.07 Å². The highest BCUT2D eigenvalue weighted by Crippen LogP contribution is 2.45. The Balaban J connectivity index is 1.84. The number of hydrogen-bond donors (Lipinski definition) is 1. The third kappa shape index (κ3) is 2.66. The molecule has 0 saturated heterocycles. The number of thioether (sulfide) groups is 1. The summed E-state index contributed by atoms with van der Waals surface area (Å²) in [5.41, 5.74) is -0.713. The molecular formula is C14H22N2OS. The van der Waals surface area contributed by atoms with Crippen LogP contribution in [0.5, 0.6) is 0 Å². The number of nitrogens with one attached hydrogen (secondary N) is 1. The highest BCUT2D eigenvalue weighted by Gasteiger charge is 2.49. The average Bonchev–Trinajstić information content (AvgIpc) is 2.72. The minimum Gasteiger partial charge on any atom is -0.352 e. The normalized spacial score (nSPS) is 38.8. The summed E-state index contributed by atoms with van der Waals surface area (Å²) in [6, 6.07) is 2.53. The fraction of sp³-hybridized carbons (Fsp3) is 0.857. The lowest BCUT2D eigenvalue weighted by Gasteiger charge is -2.39. The highest BCUT2D eigenvalue weighted by molar-refractivity contribution is 7.99. The molecule has 2 atom stereocenters. The smallest absolute Gasteiger partial charge is 0.240 e. The van der Waals surface area contributed by atoms with Crippen LogP contribution >= 0.6 is 11.8 Å². The van der Waals surface area contributed by atoms with Crippen LogP contribution in [0.3, 0.4) is 0 Å². The maximum atomic E-state index is 12.2. The molecule has 0 bridgehead atoms. The minimum atomic E-state index is -0.713. The Morgan fingerprint density at radius 1 is 1.50 bits per heavy atom. The molecule has 18 heavy (non-hydrogen) atoms. The third-order valence-electron chi connectivity index (χ3n) is 4.16. The lowest BCUT2D eigenvalue weighted by atomic mass is 9.63. The number of carbonyl (C=O) groups is 1. The minimum absolute atomic E-state index is 0.0183. The number of carbonyl (C=O) groups excluding carboxylic acids is 1. The van der Waals surface area contributed by atoms with Gasteiger partial charge < -0.3 is 5.32 Å². The van der Waals surface area contributed by atoms with Gasteiger partial charge >= 0.3 is 0 Å². The molecule has 4 heteroatoms. The van der Waals surface area contributed by atoms with Gasteiger partial charge in [-0.3, -0.25) is 4.79 Å². The van der Waals surface area contributed by atoms with E-state index in [1.165, 1.54) is 6.42 Å². The molecule has 0 spiro atoms. The summed E-state index contributed by atoms with van der Waals surface area (Å²) in [7, 11) is 0. The second kappa shape index (κ2) is 5.52. The van der Waals surface area contributed by atoms with Crippen LogP contribution in [0.15, 0.2) is 0 Å². The predicted octanol–water partition coefficient (Wildman–Crippen LogP) is 2.72. The number of nitriles is 1. The van der Waals surface area contributed by atoms with Crippen molar-refractivity contribution in [3.05, 3.63) is 0 Å². The molecule has 1 amide bonds. The van der Waals surface area contributed by atoms with Crippen molar-refractivity contribution >= 4 is 17.7 Å². The Labute approximate surface area is 114 Å². The van der Waals surface area contributed by atoms with Gasteiger partial charge in [-0.2, -0.15) is 17.0 Å².